The molecule has 0 spiro atoms. The molecule has 1 fully saturated rings. The van der Waals surface area contributed by atoms with E-state index in [4.69, 9.17) is 9.47 Å². The molecule has 1 amide bonds. The maximum atomic E-state index is 13.3. The van der Waals surface area contributed by atoms with Crippen molar-refractivity contribution in [3.05, 3.63) is 40.1 Å². The number of anilines is 2. The Balaban J connectivity index is 1.50. The molecular formula is C21H25F6N7O5. The van der Waals surface area contributed by atoms with Crippen LogP contribution in [0.4, 0.5) is 38.0 Å². The van der Waals surface area contributed by atoms with E-state index in [-0.39, 0.29) is 45.3 Å². The molecule has 0 radical (unpaired) electrons. The lowest BCUT2D eigenvalue weighted by atomic mass is 10.2. The Bertz CT molecular complexity index is 1150. The number of rotatable bonds is 10. The van der Waals surface area contributed by atoms with Gasteiger partial charge in [-0.25, -0.2) is 15.1 Å². The molecule has 3 rings (SSSR count). The zero-order valence-electron chi connectivity index (χ0n) is 20.4. The van der Waals surface area contributed by atoms with Gasteiger partial charge in [-0.2, -0.15) is 31.4 Å². The summed E-state index contributed by atoms with van der Waals surface area (Å²) in [6, 6.07) is -0.894. The van der Waals surface area contributed by atoms with Gasteiger partial charge in [-0.1, -0.05) is 0 Å². The van der Waals surface area contributed by atoms with Crippen LogP contribution in [0.25, 0.3) is 0 Å². The lowest BCUT2D eigenvalue weighted by molar-refractivity contribution is -0.144. The Hall–Kier alpha value is -3.51. The maximum Gasteiger partial charge on any atom is 0.423 e. The molecule has 18 heteroatoms. The first-order chi connectivity index (χ1) is 18.3. The number of amides is 1. The summed E-state index contributed by atoms with van der Waals surface area (Å²) < 4.78 is 88.2. The standard InChI is InChI=1S/C21H25F6N7O5/c1-38-9-13(31-14-8-30-32-17(36)16(14)21(25,26)27)10-39-11-15(35)18(37)33-2-4-34(5-3-33)19-28-6-12(7-29-19)20(22,23)24/h6-8,13,15,35H,2-5,9-11H2,1H3,(H2,31,32,36)/t13-,15+/m0/s1. The largest absolute Gasteiger partial charge is 0.423 e. The van der Waals surface area contributed by atoms with Crippen LogP contribution in [0, 0.1) is 0 Å². The van der Waals surface area contributed by atoms with Crippen molar-refractivity contribution in [3.8, 4) is 0 Å². The number of H-pyrrole nitrogens is 1. The highest BCUT2D eigenvalue weighted by Gasteiger charge is 2.38. The fourth-order valence-corrected chi connectivity index (χ4v) is 3.70. The number of nitrogens with one attached hydrogen (secondary N) is 2. The summed E-state index contributed by atoms with van der Waals surface area (Å²) in [6.07, 6.45) is -8.98. The van der Waals surface area contributed by atoms with Gasteiger partial charge in [-0.15, -0.1) is 0 Å². The van der Waals surface area contributed by atoms with E-state index >= 15 is 0 Å². The predicted octanol–water partition coefficient (Wildman–Crippen LogP) is 0.751. The molecule has 1 saturated heterocycles. The van der Waals surface area contributed by atoms with Gasteiger partial charge in [0, 0.05) is 45.7 Å². The molecule has 3 heterocycles. The number of aromatic nitrogens is 4. The summed E-state index contributed by atoms with van der Waals surface area (Å²) in [5.41, 5.74) is -4.49. The van der Waals surface area contributed by atoms with E-state index in [1.165, 1.54) is 12.0 Å². The van der Waals surface area contributed by atoms with Gasteiger partial charge in [0.05, 0.1) is 43.3 Å². The number of piperazine rings is 1. The van der Waals surface area contributed by atoms with E-state index in [9.17, 15) is 41.0 Å². The molecule has 39 heavy (non-hydrogen) atoms. The molecule has 0 saturated carbocycles. The number of carbonyl (C=O) groups is 1. The van der Waals surface area contributed by atoms with Crippen molar-refractivity contribution < 1.29 is 45.7 Å². The van der Waals surface area contributed by atoms with E-state index in [1.54, 1.807) is 10.00 Å². The van der Waals surface area contributed by atoms with Crippen LogP contribution in [0.5, 0.6) is 0 Å². The van der Waals surface area contributed by atoms with Crippen molar-refractivity contribution in [2.75, 3.05) is 63.3 Å². The Morgan fingerprint density at radius 3 is 2.26 bits per heavy atom. The topological polar surface area (TPSA) is 146 Å². The van der Waals surface area contributed by atoms with Crippen LogP contribution in [0.1, 0.15) is 11.1 Å². The highest BCUT2D eigenvalue weighted by molar-refractivity contribution is 5.81. The van der Waals surface area contributed by atoms with Crippen LogP contribution in [-0.4, -0.2) is 101 Å². The van der Waals surface area contributed by atoms with Gasteiger partial charge in [0.1, 0.15) is 5.56 Å². The number of nitrogens with zero attached hydrogens (tertiary/aromatic N) is 5. The number of aliphatic hydroxyl groups is 1. The van der Waals surface area contributed by atoms with E-state index < -0.39 is 59.4 Å². The molecule has 2 aromatic rings. The minimum absolute atomic E-state index is 0.0694. The highest BCUT2D eigenvalue weighted by atomic mass is 19.4. The minimum atomic E-state index is -4.96. The van der Waals surface area contributed by atoms with Crippen LogP contribution in [0.3, 0.4) is 0 Å². The van der Waals surface area contributed by atoms with Crippen LogP contribution < -0.4 is 15.8 Å². The molecule has 1 aliphatic heterocycles. The SMILES string of the molecule is COC[C@@H](COC[C@@H](O)C(=O)N1CCN(c2ncc(C(F)(F)F)cn2)CC1)Nc1cn[nH]c(=O)c1C(F)(F)F. The first-order valence-electron chi connectivity index (χ1n) is 11.4. The summed E-state index contributed by atoms with van der Waals surface area (Å²) in [5.74, 6) is -0.600. The summed E-state index contributed by atoms with van der Waals surface area (Å²) >= 11 is 0. The maximum absolute atomic E-state index is 13.3. The molecule has 12 nitrogen and oxygen atoms in total. The van der Waals surface area contributed by atoms with Gasteiger partial charge in [0.25, 0.3) is 11.5 Å². The number of ether oxygens (including phenoxy) is 2. The van der Waals surface area contributed by atoms with Crippen molar-refractivity contribution in [3.63, 3.8) is 0 Å². The average molecular weight is 569 g/mol. The zero-order valence-corrected chi connectivity index (χ0v) is 20.4. The predicted molar refractivity (Wildman–Crippen MR) is 122 cm³/mol. The van der Waals surface area contributed by atoms with Gasteiger partial charge >= 0.3 is 12.4 Å². The molecule has 0 unspecified atom stereocenters. The summed E-state index contributed by atoms with van der Waals surface area (Å²) in [5, 5.41) is 17.8. The van der Waals surface area contributed by atoms with E-state index in [0.717, 1.165) is 6.20 Å². The van der Waals surface area contributed by atoms with E-state index in [1.807, 2.05) is 0 Å². The van der Waals surface area contributed by atoms with Crippen LogP contribution >= 0.6 is 0 Å². The van der Waals surface area contributed by atoms with Crippen LogP contribution in [0.2, 0.25) is 0 Å². The molecule has 1 aliphatic rings. The molecule has 3 N–H and O–H groups in total. The number of hydrogen-bond donors (Lipinski definition) is 3. The minimum Gasteiger partial charge on any atom is -0.382 e. The van der Waals surface area contributed by atoms with Gasteiger partial charge in [-0.05, 0) is 0 Å². The number of carbonyl (C=O) groups excluding carboxylic acids is 1. The normalized spacial score (nSPS) is 16.2. The average Bonchev–Trinajstić information content (AvgIpc) is 2.87. The monoisotopic (exact) mass is 569 g/mol. The third kappa shape index (κ3) is 7.99. The molecular weight excluding hydrogens is 544 g/mol. The summed E-state index contributed by atoms with van der Waals surface area (Å²) in [4.78, 5) is 34.6. The number of alkyl halides is 6. The lowest BCUT2D eigenvalue weighted by Crippen LogP contribution is -2.52. The second-order valence-corrected chi connectivity index (χ2v) is 8.42. The van der Waals surface area contributed by atoms with Gasteiger partial charge in [0.2, 0.25) is 5.95 Å². The van der Waals surface area contributed by atoms with Crippen LogP contribution in [-0.2, 0) is 26.6 Å². The molecule has 216 valence electrons. The van der Waals surface area contributed by atoms with E-state index in [2.05, 4.69) is 20.4 Å². The molecule has 2 aromatic heterocycles. The molecule has 0 aromatic carbocycles. The fraction of sp³-hybridized carbons (Fsp3) is 0.571. The highest BCUT2D eigenvalue weighted by Crippen LogP contribution is 2.31. The Kier molecular flexibility index (Phi) is 9.68. The third-order valence-electron chi connectivity index (χ3n) is 5.59. The second kappa shape index (κ2) is 12.6. The van der Waals surface area contributed by atoms with Crippen molar-refractivity contribution in [1.29, 1.82) is 0 Å². The first kappa shape index (κ1) is 30.0. The number of halogens is 6. The second-order valence-electron chi connectivity index (χ2n) is 8.42. The smallest absolute Gasteiger partial charge is 0.382 e. The van der Waals surface area contributed by atoms with Gasteiger partial charge < -0.3 is 29.7 Å². The van der Waals surface area contributed by atoms with Crippen molar-refractivity contribution in [1.82, 2.24) is 25.1 Å². The van der Waals surface area contributed by atoms with Crippen molar-refractivity contribution >= 4 is 17.5 Å². The Morgan fingerprint density at radius 2 is 1.69 bits per heavy atom. The fourth-order valence-electron chi connectivity index (χ4n) is 3.70. The van der Waals surface area contributed by atoms with Crippen molar-refractivity contribution in [2.24, 2.45) is 0 Å². The quantitative estimate of drug-likeness (QED) is 0.351. The number of methoxy groups -OCH3 is 1. The van der Waals surface area contributed by atoms with Gasteiger partial charge in [-0.3, -0.25) is 9.59 Å². The summed E-state index contributed by atoms with van der Waals surface area (Å²) in [7, 11) is 1.29. The number of aliphatic hydroxyl groups excluding tert-OH is 1. The summed E-state index contributed by atoms with van der Waals surface area (Å²) in [6.45, 7) is -0.244. The molecule has 2 atom stereocenters. The third-order valence-corrected chi connectivity index (χ3v) is 5.59. The molecule has 0 bridgehead atoms. The number of aromatic amines is 1. The lowest BCUT2D eigenvalue weighted by Gasteiger charge is -2.35. The van der Waals surface area contributed by atoms with E-state index in [0.29, 0.717) is 12.4 Å². The zero-order chi connectivity index (χ0) is 28.8. The Morgan fingerprint density at radius 1 is 1.05 bits per heavy atom. The van der Waals surface area contributed by atoms with Gasteiger partial charge in [0.15, 0.2) is 6.10 Å². The molecule has 0 aliphatic carbocycles. The number of hydrogen-bond acceptors (Lipinski definition) is 10. The van der Waals surface area contributed by atoms with Crippen molar-refractivity contribution in [2.45, 2.75) is 24.5 Å². The first-order valence-corrected chi connectivity index (χ1v) is 11.4. The van der Waals surface area contributed by atoms with Crippen LogP contribution in [0.15, 0.2) is 23.4 Å². The Labute approximate surface area is 216 Å².